The van der Waals surface area contributed by atoms with Crippen LogP contribution < -0.4 is 10.6 Å². The van der Waals surface area contributed by atoms with E-state index in [1.54, 1.807) is 18.4 Å². The average Bonchev–Trinajstić information content (AvgIpc) is 3.34. The molecular formula is C26H28N2O3S. The Morgan fingerprint density at radius 3 is 2.41 bits per heavy atom. The van der Waals surface area contributed by atoms with E-state index in [1.807, 2.05) is 60.0 Å². The first-order valence-electron chi connectivity index (χ1n) is 10.8. The lowest BCUT2D eigenvalue weighted by Crippen LogP contribution is -2.43. The lowest BCUT2D eigenvalue weighted by atomic mass is 10.0. The van der Waals surface area contributed by atoms with Gasteiger partial charge in [-0.15, -0.1) is 0 Å². The molecule has 0 saturated carbocycles. The van der Waals surface area contributed by atoms with E-state index in [-0.39, 0.29) is 17.6 Å². The number of rotatable bonds is 11. The highest BCUT2D eigenvalue weighted by molar-refractivity contribution is 7.08. The van der Waals surface area contributed by atoms with Crippen molar-refractivity contribution in [1.29, 1.82) is 0 Å². The number of carbonyl (C=O) groups excluding carboxylic acids is 3. The Kier molecular flexibility index (Phi) is 8.75. The lowest BCUT2D eigenvalue weighted by Gasteiger charge is -2.19. The highest BCUT2D eigenvalue weighted by atomic mass is 32.1. The summed E-state index contributed by atoms with van der Waals surface area (Å²) >= 11 is 1.44. The Bertz CT molecular complexity index is 1030. The SMILES string of the molecule is CC(=O)CCCCC[C@H](NC(=O)c1ccsc1)C(=O)Nc1cccc(-c2ccccc2)c1. The third kappa shape index (κ3) is 7.17. The minimum Gasteiger partial charge on any atom is -0.340 e. The van der Waals surface area contributed by atoms with Gasteiger partial charge in [-0.3, -0.25) is 9.59 Å². The number of amides is 2. The second-order valence-electron chi connectivity index (χ2n) is 7.78. The number of thiophene rings is 1. The monoisotopic (exact) mass is 448 g/mol. The van der Waals surface area contributed by atoms with Crippen LogP contribution in [0.25, 0.3) is 11.1 Å². The number of unbranched alkanes of at least 4 members (excludes halogenated alkanes) is 2. The average molecular weight is 449 g/mol. The van der Waals surface area contributed by atoms with Crippen molar-refractivity contribution >= 4 is 34.6 Å². The van der Waals surface area contributed by atoms with Crippen LogP contribution in [0.15, 0.2) is 71.4 Å². The molecule has 1 atom stereocenters. The van der Waals surface area contributed by atoms with E-state index in [0.29, 0.717) is 24.1 Å². The van der Waals surface area contributed by atoms with E-state index in [9.17, 15) is 14.4 Å². The Balaban J connectivity index is 1.66. The summed E-state index contributed by atoms with van der Waals surface area (Å²) < 4.78 is 0. The van der Waals surface area contributed by atoms with Crippen molar-refractivity contribution in [2.45, 2.75) is 45.1 Å². The van der Waals surface area contributed by atoms with Gasteiger partial charge in [-0.25, -0.2) is 0 Å². The first kappa shape index (κ1) is 23.4. The fourth-order valence-corrected chi connectivity index (χ4v) is 4.08. The van der Waals surface area contributed by atoms with Gasteiger partial charge in [-0.1, -0.05) is 55.3 Å². The second kappa shape index (κ2) is 12.0. The van der Waals surface area contributed by atoms with Gasteiger partial charge < -0.3 is 15.4 Å². The minimum atomic E-state index is -0.653. The van der Waals surface area contributed by atoms with Crippen LogP contribution in [-0.2, 0) is 9.59 Å². The van der Waals surface area contributed by atoms with E-state index in [1.165, 1.54) is 11.3 Å². The molecule has 2 aromatic carbocycles. The molecule has 3 aromatic rings. The number of hydrogen-bond acceptors (Lipinski definition) is 4. The van der Waals surface area contributed by atoms with Crippen LogP contribution >= 0.6 is 11.3 Å². The minimum absolute atomic E-state index is 0.170. The molecule has 0 fully saturated rings. The second-order valence-corrected chi connectivity index (χ2v) is 8.56. The summed E-state index contributed by atoms with van der Waals surface area (Å²) in [5, 5.41) is 9.43. The highest BCUT2D eigenvalue weighted by Crippen LogP contribution is 2.22. The van der Waals surface area contributed by atoms with Crippen LogP contribution in [0.4, 0.5) is 5.69 Å². The zero-order valence-corrected chi connectivity index (χ0v) is 19.0. The van der Waals surface area contributed by atoms with Gasteiger partial charge in [0, 0.05) is 17.5 Å². The topological polar surface area (TPSA) is 75.3 Å². The first-order chi connectivity index (χ1) is 15.5. The molecule has 166 valence electrons. The molecule has 3 rings (SSSR count). The predicted octanol–water partition coefficient (Wildman–Crippen LogP) is 5.69. The van der Waals surface area contributed by atoms with Crippen LogP contribution in [0, 0.1) is 0 Å². The van der Waals surface area contributed by atoms with Crippen molar-refractivity contribution in [2.24, 2.45) is 0 Å². The molecule has 1 heterocycles. The van der Waals surface area contributed by atoms with Gasteiger partial charge >= 0.3 is 0 Å². The van der Waals surface area contributed by atoms with E-state index in [2.05, 4.69) is 10.6 Å². The molecule has 0 aliphatic rings. The van der Waals surface area contributed by atoms with E-state index in [4.69, 9.17) is 0 Å². The molecule has 0 aliphatic carbocycles. The summed E-state index contributed by atoms with van der Waals surface area (Å²) in [5.74, 6) is -0.332. The van der Waals surface area contributed by atoms with Crippen LogP contribution in [0.1, 0.15) is 49.4 Å². The fraction of sp³-hybridized carbons (Fsp3) is 0.269. The molecule has 1 aromatic heterocycles. The van der Waals surface area contributed by atoms with E-state index in [0.717, 1.165) is 30.4 Å². The number of nitrogens with one attached hydrogen (secondary N) is 2. The van der Waals surface area contributed by atoms with E-state index >= 15 is 0 Å². The molecule has 32 heavy (non-hydrogen) atoms. The Morgan fingerprint density at radius 2 is 1.69 bits per heavy atom. The van der Waals surface area contributed by atoms with Gasteiger partial charge in [-0.05, 0) is 54.5 Å². The normalized spacial score (nSPS) is 11.5. The number of anilines is 1. The van der Waals surface area contributed by atoms with Crippen LogP contribution in [0.3, 0.4) is 0 Å². The molecule has 0 spiro atoms. The van der Waals surface area contributed by atoms with E-state index < -0.39 is 6.04 Å². The standard InChI is InChI=1S/C26H28N2O3S/c1-19(29)9-4-2-7-14-24(28-25(30)22-15-16-32-18-22)26(31)27-23-13-8-12-21(17-23)20-10-5-3-6-11-20/h3,5-6,8,10-13,15-18,24H,2,4,7,9,14H2,1H3,(H,27,31)(H,28,30)/t24-/m0/s1. The van der Waals surface area contributed by atoms with Gasteiger partial charge in [0.05, 0.1) is 5.56 Å². The molecule has 6 heteroatoms. The third-order valence-electron chi connectivity index (χ3n) is 5.16. The first-order valence-corrected chi connectivity index (χ1v) is 11.8. The number of hydrogen-bond donors (Lipinski definition) is 2. The number of ketones is 1. The van der Waals surface area contributed by atoms with Crippen molar-refractivity contribution in [1.82, 2.24) is 5.32 Å². The zero-order chi connectivity index (χ0) is 22.8. The number of Topliss-reactive ketones (excluding diaryl/α,β-unsaturated/α-hetero) is 1. The quantitative estimate of drug-likeness (QED) is 0.370. The number of carbonyl (C=O) groups is 3. The predicted molar refractivity (Wildman–Crippen MR) is 130 cm³/mol. The van der Waals surface area contributed by atoms with Crippen molar-refractivity contribution < 1.29 is 14.4 Å². The summed E-state index contributed by atoms with van der Waals surface area (Å²) in [4.78, 5) is 36.8. The third-order valence-corrected chi connectivity index (χ3v) is 5.85. The molecule has 5 nitrogen and oxygen atoms in total. The van der Waals surface area contributed by atoms with Crippen molar-refractivity contribution in [3.63, 3.8) is 0 Å². The summed E-state index contributed by atoms with van der Waals surface area (Å²) in [6.07, 6.45) is 3.43. The summed E-state index contributed by atoms with van der Waals surface area (Å²) in [6.45, 7) is 1.58. The molecule has 0 bridgehead atoms. The van der Waals surface area contributed by atoms with Crippen LogP contribution in [-0.4, -0.2) is 23.6 Å². The molecule has 0 radical (unpaired) electrons. The Hall–Kier alpha value is -3.25. The van der Waals surface area contributed by atoms with Crippen LogP contribution in [0.2, 0.25) is 0 Å². The molecule has 2 N–H and O–H groups in total. The summed E-state index contributed by atoms with van der Waals surface area (Å²) in [7, 11) is 0. The Labute approximate surface area is 192 Å². The maximum absolute atomic E-state index is 13.1. The summed E-state index contributed by atoms with van der Waals surface area (Å²) in [6, 6.07) is 18.7. The molecule has 2 amide bonds. The van der Waals surface area contributed by atoms with Crippen molar-refractivity contribution in [3.05, 3.63) is 77.0 Å². The van der Waals surface area contributed by atoms with Gasteiger partial charge in [-0.2, -0.15) is 11.3 Å². The fourth-order valence-electron chi connectivity index (χ4n) is 3.44. The maximum atomic E-state index is 13.1. The van der Waals surface area contributed by atoms with Gasteiger partial charge in [0.2, 0.25) is 5.91 Å². The summed E-state index contributed by atoms with van der Waals surface area (Å²) in [5.41, 5.74) is 3.31. The highest BCUT2D eigenvalue weighted by Gasteiger charge is 2.21. The van der Waals surface area contributed by atoms with Gasteiger partial charge in [0.25, 0.3) is 5.91 Å². The molecular weight excluding hydrogens is 420 g/mol. The molecule has 0 unspecified atom stereocenters. The molecule has 0 saturated heterocycles. The largest absolute Gasteiger partial charge is 0.340 e. The zero-order valence-electron chi connectivity index (χ0n) is 18.2. The number of benzene rings is 2. The van der Waals surface area contributed by atoms with Gasteiger partial charge in [0.1, 0.15) is 11.8 Å². The van der Waals surface area contributed by atoms with Crippen molar-refractivity contribution in [2.75, 3.05) is 5.32 Å². The van der Waals surface area contributed by atoms with Crippen molar-refractivity contribution in [3.8, 4) is 11.1 Å². The lowest BCUT2D eigenvalue weighted by molar-refractivity contribution is -0.118. The van der Waals surface area contributed by atoms with Gasteiger partial charge in [0.15, 0.2) is 0 Å². The smallest absolute Gasteiger partial charge is 0.252 e. The molecule has 0 aliphatic heterocycles. The Morgan fingerprint density at radius 1 is 0.906 bits per heavy atom. The van der Waals surface area contributed by atoms with Crippen LogP contribution in [0.5, 0.6) is 0 Å². The maximum Gasteiger partial charge on any atom is 0.252 e.